The molecule has 164 valence electrons. The summed E-state index contributed by atoms with van der Waals surface area (Å²) in [6.45, 7) is 6.13. The number of thiophene rings is 2. The van der Waals surface area contributed by atoms with Crippen LogP contribution in [0.4, 0.5) is 11.4 Å². The van der Waals surface area contributed by atoms with Crippen LogP contribution in [0, 0.1) is 13.8 Å². The van der Waals surface area contributed by atoms with Gasteiger partial charge in [-0.1, -0.05) is 0 Å². The summed E-state index contributed by atoms with van der Waals surface area (Å²) in [5.74, 6) is -0.242. The van der Waals surface area contributed by atoms with Crippen LogP contribution in [0.2, 0.25) is 0 Å². The number of nitrogens with one attached hydrogen (secondary N) is 1. The van der Waals surface area contributed by atoms with Gasteiger partial charge in [0, 0.05) is 45.2 Å². The first kappa shape index (κ1) is 20.9. The average molecular weight is 465 g/mol. The number of nitrogens with zero attached hydrogens (tertiary/aromatic N) is 3. The van der Waals surface area contributed by atoms with Gasteiger partial charge in [0.2, 0.25) is 5.91 Å². The van der Waals surface area contributed by atoms with E-state index in [-0.39, 0.29) is 18.0 Å². The second kappa shape index (κ2) is 8.52. The fourth-order valence-corrected chi connectivity index (χ4v) is 6.01. The van der Waals surface area contributed by atoms with E-state index in [1.54, 1.807) is 11.3 Å². The van der Waals surface area contributed by atoms with E-state index < -0.39 is 0 Å². The van der Waals surface area contributed by atoms with Crippen LogP contribution in [-0.4, -0.2) is 28.5 Å². The third-order valence-corrected chi connectivity index (χ3v) is 7.76. The Morgan fingerprint density at radius 2 is 1.97 bits per heavy atom. The molecule has 4 heterocycles. The molecule has 1 amide bonds. The van der Waals surface area contributed by atoms with Crippen molar-refractivity contribution in [1.29, 1.82) is 0 Å². The Labute approximate surface area is 194 Å². The SMILES string of the molecule is Cc1ccc(-c2csc3ncn(CC(=O)Nc4ccc(N5CCCC5)cc4C)c(=O)c23)s1. The van der Waals surface area contributed by atoms with Gasteiger partial charge in [-0.05, 0) is 62.6 Å². The molecule has 1 aliphatic rings. The van der Waals surface area contributed by atoms with Gasteiger partial charge in [-0.15, -0.1) is 22.7 Å². The van der Waals surface area contributed by atoms with E-state index in [4.69, 9.17) is 0 Å². The van der Waals surface area contributed by atoms with Gasteiger partial charge in [0.1, 0.15) is 11.4 Å². The summed E-state index contributed by atoms with van der Waals surface area (Å²) in [7, 11) is 0. The molecular formula is C24H24N4O2S2. The van der Waals surface area contributed by atoms with Gasteiger partial charge in [0.05, 0.1) is 11.7 Å². The number of hydrogen-bond acceptors (Lipinski definition) is 6. The summed E-state index contributed by atoms with van der Waals surface area (Å²) >= 11 is 3.10. The van der Waals surface area contributed by atoms with Crippen LogP contribution >= 0.6 is 22.7 Å². The minimum Gasteiger partial charge on any atom is -0.372 e. The van der Waals surface area contributed by atoms with Crippen molar-refractivity contribution in [3.8, 4) is 10.4 Å². The number of aryl methyl sites for hydroxylation is 2. The van der Waals surface area contributed by atoms with Gasteiger partial charge >= 0.3 is 0 Å². The molecule has 0 atom stereocenters. The molecule has 1 aliphatic heterocycles. The lowest BCUT2D eigenvalue weighted by Crippen LogP contribution is -2.28. The van der Waals surface area contributed by atoms with Crippen molar-refractivity contribution < 1.29 is 4.79 Å². The van der Waals surface area contributed by atoms with Crippen LogP contribution < -0.4 is 15.8 Å². The molecule has 3 aromatic heterocycles. The van der Waals surface area contributed by atoms with Gasteiger partial charge in [-0.2, -0.15) is 0 Å². The Kier molecular flexibility index (Phi) is 5.57. The predicted octanol–water partition coefficient (Wildman–Crippen LogP) is 5.04. The molecule has 0 aliphatic carbocycles. The lowest BCUT2D eigenvalue weighted by Gasteiger charge is -2.19. The molecular weight excluding hydrogens is 440 g/mol. The highest BCUT2D eigenvalue weighted by Crippen LogP contribution is 2.35. The van der Waals surface area contributed by atoms with Crippen LogP contribution in [0.1, 0.15) is 23.3 Å². The average Bonchev–Trinajstić information content (AvgIpc) is 3.52. The highest BCUT2D eigenvalue weighted by Gasteiger charge is 2.17. The molecule has 1 N–H and O–H groups in total. The van der Waals surface area contributed by atoms with E-state index in [0.717, 1.165) is 34.8 Å². The van der Waals surface area contributed by atoms with Gasteiger partial charge in [0.25, 0.3) is 5.56 Å². The zero-order valence-corrected chi connectivity index (χ0v) is 19.7. The minimum absolute atomic E-state index is 0.0756. The molecule has 1 saturated heterocycles. The number of fused-ring (bicyclic) bond motifs is 1. The van der Waals surface area contributed by atoms with E-state index in [1.165, 1.54) is 45.6 Å². The molecule has 0 unspecified atom stereocenters. The standard InChI is InChI=1S/C24H24N4O2S2/c1-15-11-17(27-9-3-4-10-27)6-7-19(15)26-21(29)12-28-14-25-23-22(24(28)30)18(13-31-23)20-8-5-16(2)32-20/h5-8,11,13-14H,3-4,9-10,12H2,1-2H3,(H,26,29). The van der Waals surface area contributed by atoms with Gasteiger partial charge in [-0.25, -0.2) is 4.98 Å². The largest absolute Gasteiger partial charge is 0.372 e. The number of carbonyl (C=O) groups is 1. The summed E-state index contributed by atoms with van der Waals surface area (Å²) in [4.78, 5) is 35.7. The molecule has 0 saturated carbocycles. The molecule has 0 spiro atoms. The van der Waals surface area contributed by atoms with Gasteiger partial charge < -0.3 is 10.2 Å². The molecule has 1 aromatic carbocycles. The van der Waals surface area contributed by atoms with Crippen LogP contribution in [0.25, 0.3) is 20.7 Å². The van der Waals surface area contributed by atoms with Crippen molar-refractivity contribution >= 4 is 50.2 Å². The number of carbonyl (C=O) groups excluding carboxylic acids is 1. The first-order chi connectivity index (χ1) is 15.5. The molecule has 1 fully saturated rings. The fourth-order valence-electron chi connectivity index (χ4n) is 4.15. The molecule has 8 heteroatoms. The third kappa shape index (κ3) is 3.96. The Hall–Kier alpha value is -2.97. The number of aromatic nitrogens is 2. The van der Waals surface area contributed by atoms with Crippen molar-refractivity contribution in [2.24, 2.45) is 0 Å². The third-order valence-electron chi connectivity index (χ3n) is 5.84. The monoisotopic (exact) mass is 464 g/mol. The lowest BCUT2D eigenvalue weighted by molar-refractivity contribution is -0.116. The van der Waals surface area contributed by atoms with Crippen LogP contribution in [0.5, 0.6) is 0 Å². The van der Waals surface area contributed by atoms with Crippen LogP contribution in [0.15, 0.2) is 46.8 Å². The second-order valence-electron chi connectivity index (χ2n) is 8.16. The molecule has 5 rings (SSSR count). The normalized spacial score (nSPS) is 13.8. The van der Waals surface area contributed by atoms with E-state index >= 15 is 0 Å². The topological polar surface area (TPSA) is 67.2 Å². The Balaban J connectivity index is 1.37. The molecule has 0 bridgehead atoms. The minimum atomic E-state index is -0.242. The second-order valence-corrected chi connectivity index (χ2v) is 10.3. The van der Waals surface area contributed by atoms with Crippen molar-refractivity contribution in [3.63, 3.8) is 0 Å². The van der Waals surface area contributed by atoms with Gasteiger partial charge in [-0.3, -0.25) is 14.2 Å². The number of amides is 1. The lowest BCUT2D eigenvalue weighted by atomic mass is 10.1. The number of hydrogen-bond donors (Lipinski definition) is 1. The summed E-state index contributed by atoms with van der Waals surface area (Å²) in [6.07, 6.45) is 3.92. The molecule has 4 aromatic rings. The zero-order chi connectivity index (χ0) is 22.2. The van der Waals surface area contributed by atoms with Crippen molar-refractivity contribution in [2.45, 2.75) is 33.2 Å². The van der Waals surface area contributed by atoms with E-state index in [1.807, 2.05) is 43.5 Å². The van der Waals surface area contributed by atoms with Crippen molar-refractivity contribution in [2.75, 3.05) is 23.3 Å². The quantitative estimate of drug-likeness (QED) is 0.449. The number of rotatable bonds is 5. The highest BCUT2D eigenvalue weighted by molar-refractivity contribution is 7.19. The fraction of sp³-hybridized carbons (Fsp3) is 0.292. The Morgan fingerprint density at radius 3 is 2.69 bits per heavy atom. The maximum absolute atomic E-state index is 13.2. The van der Waals surface area contributed by atoms with Crippen LogP contribution in [0.3, 0.4) is 0 Å². The summed E-state index contributed by atoms with van der Waals surface area (Å²) < 4.78 is 1.39. The molecule has 32 heavy (non-hydrogen) atoms. The van der Waals surface area contributed by atoms with Gasteiger partial charge in [0.15, 0.2) is 0 Å². The number of anilines is 2. The molecule has 0 radical (unpaired) electrons. The van der Waals surface area contributed by atoms with Crippen molar-refractivity contribution in [3.05, 3.63) is 62.8 Å². The van der Waals surface area contributed by atoms with E-state index in [2.05, 4.69) is 21.3 Å². The highest BCUT2D eigenvalue weighted by atomic mass is 32.1. The van der Waals surface area contributed by atoms with Crippen LogP contribution in [-0.2, 0) is 11.3 Å². The Bertz CT molecular complexity index is 1360. The van der Waals surface area contributed by atoms with E-state index in [0.29, 0.717) is 10.2 Å². The maximum Gasteiger partial charge on any atom is 0.263 e. The zero-order valence-electron chi connectivity index (χ0n) is 18.1. The Morgan fingerprint density at radius 1 is 1.16 bits per heavy atom. The first-order valence-electron chi connectivity index (χ1n) is 10.7. The maximum atomic E-state index is 13.2. The summed E-state index contributed by atoms with van der Waals surface area (Å²) in [6, 6.07) is 10.2. The van der Waals surface area contributed by atoms with E-state index in [9.17, 15) is 9.59 Å². The first-order valence-corrected chi connectivity index (χ1v) is 12.4. The smallest absolute Gasteiger partial charge is 0.263 e. The number of benzene rings is 1. The summed E-state index contributed by atoms with van der Waals surface area (Å²) in [5, 5.41) is 5.51. The molecule has 6 nitrogen and oxygen atoms in total. The van der Waals surface area contributed by atoms with Crippen molar-refractivity contribution in [1.82, 2.24) is 9.55 Å². The predicted molar refractivity (Wildman–Crippen MR) is 133 cm³/mol. The summed E-state index contributed by atoms with van der Waals surface area (Å²) in [5.41, 5.74) is 3.68.